The van der Waals surface area contributed by atoms with Gasteiger partial charge in [0.15, 0.2) is 0 Å². The van der Waals surface area contributed by atoms with E-state index in [1.54, 1.807) is 18.2 Å². The van der Waals surface area contributed by atoms with Crippen molar-refractivity contribution in [3.05, 3.63) is 58.9 Å². The normalized spacial score (nSPS) is 18.7. The third-order valence-electron chi connectivity index (χ3n) is 5.22. The number of likely N-dealkylation sites (N-methyl/N-ethyl adjacent to an activating group) is 1. The van der Waals surface area contributed by atoms with Crippen LogP contribution in [0.15, 0.2) is 36.4 Å². The van der Waals surface area contributed by atoms with E-state index in [2.05, 4.69) is 0 Å². The lowest BCUT2D eigenvalue weighted by molar-refractivity contribution is -0.123. The zero-order valence-electron chi connectivity index (χ0n) is 14.9. The van der Waals surface area contributed by atoms with Gasteiger partial charge in [0.05, 0.1) is 5.69 Å². The monoisotopic (exact) mass is 369 g/mol. The van der Waals surface area contributed by atoms with E-state index in [4.69, 9.17) is 10.5 Å². The lowest BCUT2D eigenvalue weighted by atomic mass is 9.92. The minimum atomic E-state index is -0.539. The van der Waals surface area contributed by atoms with Gasteiger partial charge in [-0.25, -0.2) is 9.18 Å². The van der Waals surface area contributed by atoms with E-state index in [9.17, 15) is 14.0 Å². The molecular formula is C20H20FN3O3. The summed E-state index contributed by atoms with van der Waals surface area (Å²) in [7, 11) is 1.84. The Morgan fingerprint density at radius 2 is 1.89 bits per heavy atom. The van der Waals surface area contributed by atoms with E-state index in [0.29, 0.717) is 24.4 Å². The molecule has 0 spiro atoms. The summed E-state index contributed by atoms with van der Waals surface area (Å²) in [6, 6.07) is 9.12. The van der Waals surface area contributed by atoms with Gasteiger partial charge in [0.1, 0.15) is 17.6 Å². The van der Waals surface area contributed by atoms with Gasteiger partial charge in [-0.3, -0.25) is 14.6 Å². The number of carbonyl (C=O) groups excluding carboxylic acids is 2. The van der Waals surface area contributed by atoms with Gasteiger partial charge >= 0.3 is 6.09 Å². The van der Waals surface area contributed by atoms with Crippen LogP contribution in [0.1, 0.15) is 22.7 Å². The summed E-state index contributed by atoms with van der Waals surface area (Å²) >= 11 is 0. The first kappa shape index (κ1) is 17.5. The number of nitrogens with zero attached hydrogens (tertiary/aromatic N) is 2. The first-order valence-electron chi connectivity index (χ1n) is 8.84. The lowest BCUT2D eigenvalue weighted by Gasteiger charge is -2.32. The summed E-state index contributed by atoms with van der Waals surface area (Å²) in [6.45, 7) is 1.18. The Morgan fingerprint density at radius 3 is 2.67 bits per heavy atom. The molecule has 0 aromatic heterocycles. The van der Waals surface area contributed by atoms with Crippen LogP contribution in [0.2, 0.25) is 0 Å². The number of ether oxygens (including phenoxy) is 1. The Kier molecular flexibility index (Phi) is 4.31. The van der Waals surface area contributed by atoms with E-state index in [1.165, 1.54) is 17.0 Å². The number of hydrogen-bond donors (Lipinski definition) is 1. The summed E-state index contributed by atoms with van der Waals surface area (Å²) < 4.78 is 18.9. The molecule has 140 valence electrons. The molecule has 2 aliphatic heterocycles. The smallest absolute Gasteiger partial charge is 0.410 e. The first-order valence-corrected chi connectivity index (χ1v) is 8.84. The second-order valence-electron chi connectivity index (χ2n) is 6.94. The van der Waals surface area contributed by atoms with E-state index in [-0.39, 0.29) is 5.82 Å². The highest BCUT2D eigenvalue weighted by Gasteiger charge is 2.31. The minimum absolute atomic E-state index is 0.319. The lowest BCUT2D eigenvalue weighted by Crippen LogP contribution is -2.40. The van der Waals surface area contributed by atoms with Gasteiger partial charge in [-0.15, -0.1) is 0 Å². The number of carbonyl (C=O) groups is 2. The van der Waals surface area contributed by atoms with Gasteiger partial charge in [0.2, 0.25) is 5.91 Å². The zero-order chi connectivity index (χ0) is 19.1. The number of nitrogens with two attached hydrogens (primary N) is 1. The van der Waals surface area contributed by atoms with Gasteiger partial charge in [0.25, 0.3) is 0 Å². The molecule has 2 aliphatic rings. The molecule has 2 amide bonds. The summed E-state index contributed by atoms with van der Waals surface area (Å²) in [4.78, 5) is 27.9. The Labute approximate surface area is 156 Å². The third kappa shape index (κ3) is 3.14. The third-order valence-corrected chi connectivity index (χ3v) is 5.22. The number of hydrogen-bond acceptors (Lipinski definition) is 4. The SMILES string of the molecule is CN1CCc2ccc(OC(=O)N3CCc4cc(F)ccc43)cc2C1C(N)=O. The van der Waals surface area contributed by atoms with Gasteiger partial charge < -0.3 is 10.5 Å². The number of benzene rings is 2. The average molecular weight is 369 g/mol. The molecule has 0 aliphatic carbocycles. The van der Waals surface area contributed by atoms with Crippen molar-refractivity contribution in [2.75, 3.05) is 25.0 Å². The van der Waals surface area contributed by atoms with Crippen molar-refractivity contribution in [2.45, 2.75) is 18.9 Å². The molecule has 27 heavy (non-hydrogen) atoms. The van der Waals surface area contributed by atoms with Crippen LogP contribution < -0.4 is 15.4 Å². The molecule has 6 nitrogen and oxygen atoms in total. The fourth-order valence-electron chi connectivity index (χ4n) is 3.87. The number of rotatable bonds is 2. The topological polar surface area (TPSA) is 75.9 Å². The quantitative estimate of drug-likeness (QED) is 0.882. The van der Waals surface area contributed by atoms with E-state index < -0.39 is 18.0 Å². The molecule has 2 heterocycles. The highest BCUT2D eigenvalue weighted by Crippen LogP contribution is 2.33. The predicted octanol–water partition coefficient (Wildman–Crippen LogP) is 2.40. The van der Waals surface area contributed by atoms with Crippen molar-refractivity contribution in [3.8, 4) is 5.75 Å². The number of halogens is 1. The van der Waals surface area contributed by atoms with Crippen LogP contribution >= 0.6 is 0 Å². The van der Waals surface area contributed by atoms with Gasteiger partial charge in [0, 0.05) is 13.1 Å². The molecule has 1 atom stereocenters. The number of anilines is 1. The standard InChI is InChI=1S/C20H20FN3O3/c1-23-8-6-12-2-4-15(11-16(12)18(23)19(22)25)27-20(26)24-9-7-13-10-14(21)3-5-17(13)24/h2-5,10-11,18H,6-9H2,1H3,(H2,22,25). The van der Waals surface area contributed by atoms with Crippen molar-refractivity contribution in [1.29, 1.82) is 0 Å². The van der Waals surface area contributed by atoms with Crippen molar-refractivity contribution in [3.63, 3.8) is 0 Å². The molecule has 0 bridgehead atoms. The number of primary amides is 1. The van der Waals surface area contributed by atoms with Crippen LogP contribution in [0.25, 0.3) is 0 Å². The molecule has 0 saturated carbocycles. The average Bonchev–Trinajstić information content (AvgIpc) is 3.04. The van der Waals surface area contributed by atoms with E-state index in [1.807, 2.05) is 18.0 Å². The van der Waals surface area contributed by atoms with Crippen molar-refractivity contribution >= 4 is 17.7 Å². The van der Waals surface area contributed by atoms with Crippen LogP contribution in [0.5, 0.6) is 5.75 Å². The van der Waals surface area contributed by atoms with Crippen LogP contribution in [0.4, 0.5) is 14.9 Å². The summed E-state index contributed by atoms with van der Waals surface area (Å²) in [5.74, 6) is -0.395. The van der Waals surface area contributed by atoms with E-state index >= 15 is 0 Å². The molecule has 2 aromatic rings. The van der Waals surface area contributed by atoms with Crippen LogP contribution in [-0.2, 0) is 17.6 Å². The Morgan fingerprint density at radius 1 is 1.11 bits per heavy atom. The first-order chi connectivity index (χ1) is 12.9. The molecule has 0 fully saturated rings. The van der Waals surface area contributed by atoms with Crippen molar-refractivity contribution in [2.24, 2.45) is 5.73 Å². The maximum Gasteiger partial charge on any atom is 0.419 e. The fraction of sp³-hybridized carbons (Fsp3) is 0.300. The van der Waals surface area contributed by atoms with Crippen LogP contribution in [0, 0.1) is 5.82 Å². The summed E-state index contributed by atoms with van der Waals surface area (Å²) in [6.07, 6.45) is 0.857. The largest absolute Gasteiger partial charge is 0.419 e. The molecule has 0 saturated heterocycles. The fourth-order valence-corrected chi connectivity index (χ4v) is 3.87. The Hall–Kier alpha value is -2.93. The Balaban J connectivity index is 1.58. The van der Waals surface area contributed by atoms with Crippen LogP contribution in [0.3, 0.4) is 0 Å². The second-order valence-corrected chi connectivity index (χ2v) is 6.94. The van der Waals surface area contributed by atoms with Gasteiger partial charge in [-0.05, 0) is 66.9 Å². The molecule has 2 N–H and O–H groups in total. The zero-order valence-corrected chi connectivity index (χ0v) is 14.9. The Bertz CT molecular complexity index is 931. The number of fused-ring (bicyclic) bond motifs is 2. The highest BCUT2D eigenvalue weighted by molar-refractivity contribution is 5.91. The summed E-state index contributed by atoms with van der Waals surface area (Å²) in [5, 5.41) is 0. The van der Waals surface area contributed by atoms with Gasteiger partial charge in [-0.2, -0.15) is 0 Å². The number of amides is 2. The molecule has 2 aromatic carbocycles. The van der Waals surface area contributed by atoms with Gasteiger partial charge in [-0.1, -0.05) is 6.07 Å². The van der Waals surface area contributed by atoms with Crippen LogP contribution in [-0.4, -0.2) is 37.0 Å². The molecular weight excluding hydrogens is 349 g/mol. The molecule has 0 radical (unpaired) electrons. The predicted molar refractivity (Wildman–Crippen MR) is 98.2 cm³/mol. The summed E-state index contributed by atoms with van der Waals surface area (Å²) in [5.41, 5.74) is 8.80. The van der Waals surface area contributed by atoms with Crippen molar-refractivity contribution < 1.29 is 18.7 Å². The van der Waals surface area contributed by atoms with E-state index in [0.717, 1.165) is 29.7 Å². The maximum atomic E-state index is 13.4. The minimum Gasteiger partial charge on any atom is -0.410 e. The molecule has 7 heteroatoms. The highest BCUT2D eigenvalue weighted by atomic mass is 19.1. The molecule has 1 unspecified atom stereocenters. The maximum absolute atomic E-state index is 13.4. The van der Waals surface area contributed by atoms with Crippen molar-refractivity contribution in [1.82, 2.24) is 4.90 Å². The molecule has 4 rings (SSSR count). The second kappa shape index (κ2) is 6.66.